The van der Waals surface area contributed by atoms with Gasteiger partial charge in [-0.05, 0) is 60.2 Å². The molecule has 258 valence electrons. The minimum Gasteiger partial charge on any atom is -0.508 e. The highest BCUT2D eigenvalue weighted by Gasteiger charge is 2.70. The Morgan fingerprint density at radius 2 is 1.74 bits per heavy atom. The molecule has 0 unspecified atom stereocenters. The summed E-state index contributed by atoms with van der Waals surface area (Å²) in [6, 6.07) is 12.9. The van der Waals surface area contributed by atoms with E-state index in [2.05, 4.69) is 10.4 Å². The van der Waals surface area contributed by atoms with Crippen LogP contribution in [-0.4, -0.2) is 56.8 Å². The number of nitrogens with zero attached hydrogens (tertiary/aromatic N) is 3. The standard InChI is InChI=1S/C34H25Cl2F3N4O7/c1-50-32(49)42-28(45)21-10-9-20-22(25(21)30(42)47)13-23-29(46)43(41-27-24(36)12-17(14-40-27)34(37,38)39)31(48)33(23,16-5-7-18(35)8-6-16)26(20)15-3-2-4-19(44)11-15/h2-9,11-12,14,21-23,25-26,44H,10,13H2,1H3,(H,40,41)/t21-,22+,23-,25-,26-,33+/m0/s1. The zero-order valence-electron chi connectivity index (χ0n) is 25.8. The van der Waals surface area contributed by atoms with Crippen molar-refractivity contribution in [2.24, 2.45) is 23.7 Å². The topological polar surface area (TPSA) is 146 Å². The zero-order valence-corrected chi connectivity index (χ0v) is 27.3. The van der Waals surface area contributed by atoms with E-state index < -0.39 is 87.3 Å². The van der Waals surface area contributed by atoms with E-state index in [1.807, 2.05) is 0 Å². The van der Waals surface area contributed by atoms with E-state index in [4.69, 9.17) is 27.9 Å². The maximum absolute atomic E-state index is 15.0. The van der Waals surface area contributed by atoms with Crippen molar-refractivity contribution in [2.45, 2.75) is 30.4 Å². The number of phenols is 1. The fraction of sp³-hybridized carbons (Fsp3) is 0.294. The number of pyridine rings is 1. The van der Waals surface area contributed by atoms with Gasteiger partial charge in [0, 0.05) is 17.1 Å². The van der Waals surface area contributed by atoms with E-state index in [0.717, 1.165) is 7.11 Å². The number of anilines is 1. The molecule has 6 atom stereocenters. The fourth-order valence-electron chi connectivity index (χ4n) is 8.13. The molecular weight excluding hydrogens is 704 g/mol. The summed E-state index contributed by atoms with van der Waals surface area (Å²) in [7, 11) is 1.04. The van der Waals surface area contributed by atoms with Gasteiger partial charge in [0.1, 0.15) is 5.75 Å². The van der Waals surface area contributed by atoms with Gasteiger partial charge in [-0.3, -0.25) is 24.6 Å². The van der Waals surface area contributed by atoms with E-state index >= 15 is 4.79 Å². The number of carbonyl (C=O) groups excluding carboxylic acids is 5. The lowest BCUT2D eigenvalue weighted by Gasteiger charge is -2.50. The molecule has 2 aromatic carbocycles. The average Bonchev–Trinajstić information content (AvgIpc) is 3.45. The van der Waals surface area contributed by atoms with Crippen molar-refractivity contribution in [2.75, 3.05) is 12.5 Å². The first kappa shape index (κ1) is 33.5. The number of hydrogen-bond donors (Lipinski definition) is 2. The minimum atomic E-state index is -4.76. The van der Waals surface area contributed by atoms with Crippen molar-refractivity contribution in [3.8, 4) is 5.75 Å². The molecule has 16 heteroatoms. The quantitative estimate of drug-likeness (QED) is 0.249. The molecule has 1 aromatic heterocycles. The van der Waals surface area contributed by atoms with Crippen molar-refractivity contribution in [3.63, 3.8) is 0 Å². The van der Waals surface area contributed by atoms with Crippen LogP contribution in [0.15, 0.2) is 72.4 Å². The van der Waals surface area contributed by atoms with Crippen molar-refractivity contribution < 1.29 is 47.0 Å². The van der Waals surface area contributed by atoms with Gasteiger partial charge in [0.05, 0.1) is 40.9 Å². The van der Waals surface area contributed by atoms with Crippen LogP contribution in [0.1, 0.15) is 35.4 Å². The van der Waals surface area contributed by atoms with Gasteiger partial charge in [-0.25, -0.2) is 9.78 Å². The van der Waals surface area contributed by atoms with Crippen LogP contribution in [0.3, 0.4) is 0 Å². The van der Waals surface area contributed by atoms with Crippen LogP contribution < -0.4 is 5.43 Å². The van der Waals surface area contributed by atoms with E-state index in [0.29, 0.717) is 43.9 Å². The maximum atomic E-state index is 15.0. The van der Waals surface area contributed by atoms with Crippen LogP contribution in [0.4, 0.5) is 23.8 Å². The molecule has 3 heterocycles. The summed E-state index contributed by atoms with van der Waals surface area (Å²) in [4.78, 5) is 73.5. The van der Waals surface area contributed by atoms with Crippen LogP contribution in [0.2, 0.25) is 10.0 Å². The summed E-state index contributed by atoms with van der Waals surface area (Å²) < 4.78 is 44.8. The Kier molecular flexibility index (Phi) is 7.94. The van der Waals surface area contributed by atoms with E-state index in [-0.39, 0.29) is 18.6 Å². The number of fused-ring (bicyclic) bond motifs is 4. The molecule has 0 bridgehead atoms. The normalized spacial score (nSPS) is 27.5. The second-order valence-corrected chi connectivity index (χ2v) is 13.3. The highest BCUT2D eigenvalue weighted by atomic mass is 35.5. The molecule has 2 saturated heterocycles. The van der Waals surface area contributed by atoms with Crippen LogP contribution in [0.5, 0.6) is 5.75 Å². The second-order valence-electron chi connectivity index (χ2n) is 12.5. The predicted molar refractivity (Wildman–Crippen MR) is 169 cm³/mol. The number of nitrogens with one attached hydrogen (secondary N) is 1. The third-order valence-electron chi connectivity index (χ3n) is 10.1. The minimum absolute atomic E-state index is 0.0282. The maximum Gasteiger partial charge on any atom is 0.423 e. The number of aromatic nitrogens is 1. The molecule has 5 amide bonds. The Labute approximate surface area is 291 Å². The molecule has 3 aromatic rings. The lowest BCUT2D eigenvalue weighted by molar-refractivity contribution is -0.140. The van der Waals surface area contributed by atoms with E-state index in [9.17, 15) is 37.5 Å². The van der Waals surface area contributed by atoms with Gasteiger partial charge in [0.15, 0.2) is 5.82 Å². The Bertz CT molecular complexity index is 2020. The molecule has 1 saturated carbocycles. The number of methoxy groups -OCH3 is 1. The van der Waals surface area contributed by atoms with Crippen molar-refractivity contribution in [1.29, 1.82) is 0 Å². The molecule has 0 radical (unpaired) electrons. The number of rotatable bonds is 4. The SMILES string of the molecule is COC(=O)N1C(=O)[C@H]2[C@H](CC=C3[C@H]2C[C@H]2C(=O)N(Nc4ncc(C(F)(F)F)cc4Cl)C(=O)[C@@]2(c2ccc(Cl)cc2)[C@H]3c2cccc(O)c2)C1=O. The molecule has 7 rings (SSSR count). The van der Waals surface area contributed by atoms with Crippen molar-refractivity contribution in [1.82, 2.24) is 14.9 Å². The van der Waals surface area contributed by atoms with Crippen molar-refractivity contribution >= 4 is 58.7 Å². The van der Waals surface area contributed by atoms with Gasteiger partial charge >= 0.3 is 12.3 Å². The number of carbonyl (C=O) groups is 5. The van der Waals surface area contributed by atoms with Gasteiger partial charge in [0.2, 0.25) is 11.8 Å². The smallest absolute Gasteiger partial charge is 0.423 e. The van der Waals surface area contributed by atoms with Crippen molar-refractivity contribution in [3.05, 3.63) is 99.2 Å². The Hall–Kier alpha value is -4.95. The fourth-order valence-corrected chi connectivity index (χ4v) is 8.47. The first-order valence-corrected chi connectivity index (χ1v) is 16.0. The number of allylic oxidation sites excluding steroid dienone is 2. The molecule has 2 aliphatic carbocycles. The number of imide groups is 4. The third kappa shape index (κ3) is 4.87. The summed E-state index contributed by atoms with van der Waals surface area (Å²) in [6.45, 7) is 0. The van der Waals surface area contributed by atoms with Crippen LogP contribution in [0.25, 0.3) is 0 Å². The lowest BCUT2D eigenvalue weighted by Crippen LogP contribution is -2.53. The molecule has 0 spiro atoms. The summed E-state index contributed by atoms with van der Waals surface area (Å²) >= 11 is 12.4. The number of alkyl halides is 3. The number of amides is 5. The van der Waals surface area contributed by atoms with Gasteiger partial charge in [-0.2, -0.15) is 23.1 Å². The summed E-state index contributed by atoms with van der Waals surface area (Å²) in [5.41, 5.74) is 0.900. The Balaban J connectivity index is 1.43. The van der Waals surface area contributed by atoms with E-state index in [1.54, 1.807) is 30.3 Å². The summed E-state index contributed by atoms with van der Waals surface area (Å²) in [5.74, 6) is -8.87. The number of hydrogen-bond acceptors (Lipinski definition) is 9. The largest absolute Gasteiger partial charge is 0.508 e. The third-order valence-corrected chi connectivity index (χ3v) is 10.7. The number of phenolic OH excluding ortho intramolecular Hbond substituents is 1. The molecule has 4 aliphatic rings. The molecule has 50 heavy (non-hydrogen) atoms. The zero-order chi connectivity index (χ0) is 35.9. The summed E-state index contributed by atoms with van der Waals surface area (Å²) in [5, 5.41) is 11.1. The van der Waals surface area contributed by atoms with Crippen LogP contribution in [-0.2, 0) is 35.5 Å². The molecule has 2 N–H and O–H groups in total. The Morgan fingerprint density at radius 3 is 2.38 bits per heavy atom. The number of ether oxygens (including phenoxy) is 1. The summed E-state index contributed by atoms with van der Waals surface area (Å²) in [6.07, 6.45) is -3.78. The molecule has 2 aliphatic heterocycles. The number of likely N-dealkylation sites (tertiary alicyclic amines) is 1. The van der Waals surface area contributed by atoms with Crippen LogP contribution in [0, 0.1) is 23.7 Å². The number of aromatic hydroxyl groups is 1. The number of halogens is 5. The van der Waals surface area contributed by atoms with E-state index in [1.165, 1.54) is 24.3 Å². The highest BCUT2D eigenvalue weighted by Crippen LogP contribution is 2.64. The van der Waals surface area contributed by atoms with Crippen LogP contribution >= 0.6 is 23.2 Å². The Morgan fingerprint density at radius 1 is 1.02 bits per heavy atom. The predicted octanol–water partition coefficient (Wildman–Crippen LogP) is 5.86. The number of hydrazine groups is 1. The average molecular weight is 729 g/mol. The second kappa shape index (κ2) is 11.8. The lowest BCUT2D eigenvalue weighted by atomic mass is 9.49. The first-order valence-electron chi connectivity index (χ1n) is 15.3. The van der Waals surface area contributed by atoms with Gasteiger partial charge in [-0.1, -0.05) is 59.1 Å². The number of benzene rings is 2. The van der Waals surface area contributed by atoms with Gasteiger partial charge < -0.3 is 9.84 Å². The first-order chi connectivity index (χ1) is 23.7. The van der Waals surface area contributed by atoms with Gasteiger partial charge in [-0.15, -0.1) is 0 Å². The molecular formula is C34H25Cl2F3N4O7. The highest BCUT2D eigenvalue weighted by molar-refractivity contribution is 6.33. The monoisotopic (exact) mass is 728 g/mol. The molecule has 3 fully saturated rings. The van der Waals surface area contributed by atoms with Gasteiger partial charge in [0.25, 0.3) is 11.8 Å². The molecule has 11 nitrogen and oxygen atoms in total.